The number of ether oxygens (including phenoxy) is 1. The Kier molecular flexibility index (Phi) is 8.42. The van der Waals surface area contributed by atoms with Crippen LogP contribution >= 0.6 is 0 Å². The van der Waals surface area contributed by atoms with Gasteiger partial charge in [0.1, 0.15) is 0 Å². The number of hydrogen-bond acceptors (Lipinski definition) is 4. The molecule has 1 aliphatic heterocycles. The molecule has 3 aromatic carbocycles. The van der Waals surface area contributed by atoms with E-state index >= 15 is 0 Å². The van der Waals surface area contributed by atoms with Crippen molar-refractivity contribution in [1.29, 1.82) is 0 Å². The first-order valence-electron chi connectivity index (χ1n) is 13.8. The highest BCUT2D eigenvalue weighted by Gasteiger charge is 2.37. The Labute approximate surface area is 237 Å². The Bertz CT molecular complexity index is 1400. The number of carbonyl (C=O) groups excluding carboxylic acids is 2. The van der Waals surface area contributed by atoms with Gasteiger partial charge in [0.2, 0.25) is 11.8 Å². The number of nitrogens with one attached hydrogen (secondary N) is 1. The van der Waals surface area contributed by atoms with E-state index in [1.165, 1.54) is 24.8 Å². The second-order valence-electron chi connectivity index (χ2n) is 10.9. The zero-order valence-corrected chi connectivity index (χ0v) is 22.7. The minimum absolute atomic E-state index is 0.148. The van der Waals surface area contributed by atoms with Crippen LogP contribution in [-0.4, -0.2) is 35.5 Å². The highest BCUT2D eigenvalue weighted by Crippen LogP contribution is 2.36. The second-order valence-corrected chi connectivity index (χ2v) is 10.9. The number of halogens is 3. The van der Waals surface area contributed by atoms with E-state index in [4.69, 9.17) is 4.74 Å². The van der Waals surface area contributed by atoms with Gasteiger partial charge >= 0.3 is 6.18 Å². The molecule has 0 aromatic heterocycles. The highest BCUT2D eigenvalue weighted by molar-refractivity contribution is 5.98. The van der Waals surface area contributed by atoms with Gasteiger partial charge in [-0.2, -0.15) is 13.2 Å². The van der Waals surface area contributed by atoms with Crippen LogP contribution in [0.25, 0.3) is 0 Å². The summed E-state index contributed by atoms with van der Waals surface area (Å²) >= 11 is 0. The lowest BCUT2D eigenvalue weighted by atomic mass is 9.83. The van der Waals surface area contributed by atoms with Gasteiger partial charge < -0.3 is 10.1 Å². The molecule has 214 valence electrons. The fraction of sp³-hybridized carbons (Fsp3) is 0.344. The molecule has 1 N–H and O–H groups in total. The summed E-state index contributed by atoms with van der Waals surface area (Å²) < 4.78 is 45.6. The molecule has 2 atom stereocenters. The van der Waals surface area contributed by atoms with E-state index in [0.717, 1.165) is 23.1 Å². The van der Waals surface area contributed by atoms with E-state index in [0.29, 0.717) is 23.1 Å². The van der Waals surface area contributed by atoms with Gasteiger partial charge in [-0.15, -0.1) is 5.10 Å². The lowest BCUT2D eigenvalue weighted by Crippen LogP contribution is -2.36. The molecule has 2 aliphatic rings. The third kappa shape index (κ3) is 7.74. The quantitative estimate of drug-likeness (QED) is 0.300. The van der Waals surface area contributed by atoms with Crippen molar-refractivity contribution >= 4 is 23.4 Å². The van der Waals surface area contributed by atoms with Gasteiger partial charge in [-0.1, -0.05) is 61.5 Å². The maximum atomic E-state index is 13.4. The Balaban J connectivity index is 1.33. The number of carbonyl (C=O) groups is 2. The van der Waals surface area contributed by atoms with Gasteiger partial charge in [0.15, 0.2) is 6.61 Å². The molecule has 2 unspecified atom stereocenters. The average molecular weight is 564 g/mol. The zero-order chi connectivity index (χ0) is 29.0. The van der Waals surface area contributed by atoms with E-state index < -0.39 is 30.3 Å². The monoisotopic (exact) mass is 563 g/mol. The van der Waals surface area contributed by atoms with Crippen LogP contribution in [-0.2, 0) is 27.3 Å². The Hall–Kier alpha value is -4.14. The largest absolute Gasteiger partial charge is 0.466 e. The molecule has 1 saturated carbocycles. The third-order valence-electron chi connectivity index (χ3n) is 7.34. The van der Waals surface area contributed by atoms with Gasteiger partial charge in [-0.05, 0) is 72.1 Å². The van der Waals surface area contributed by atoms with E-state index in [-0.39, 0.29) is 19.1 Å². The molecular formula is C32H32F3N3O3. The molecule has 5 rings (SSSR count). The first kappa shape index (κ1) is 28.4. The summed E-state index contributed by atoms with van der Waals surface area (Å²) in [5.74, 6) is -1.81. The van der Waals surface area contributed by atoms with Crippen LogP contribution in [0.5, 0.6) is 0 Å². The zero-order valence-electron chi connectivity index (χ0n) is 22.7. The van der Waals surface area contributed by atoms with Crippen molar-refractivity contribution < 1.29 is 27.5 Å². The summed E-state index contributed by atoms with van der Waals surface area (Å²) in [6.45, 7) is 1.45. The molecular weight excluding hydrogens is 531 g/mol. The molecule has 1 fully saturated rings. The van der Waals surface area contributed by atoms with Gasteiger partial charge in [-0.3, -0.25) is 9.59 Å². The van der Waals surface area contributed by atoms with Crippen LogP contribution in [0.15, 0.2) is 84.0 Å². The fourth-order valence-electron chi connectivity index (χ4n) is 5.12. The predicted octanol–water partition coefficient (Wildman–Crippen LogP) is 6.67. The highest BCUT2D eigenvalue weighted by atomic mass is 19.4. The lowest BCUT2D eigenvalue weighted by molar-refractivity contribution is -0.146. The fourth-order valence-corrected chi connectivity index (χ4v) is 5.12. The summed E-state index contributed by atoms with van der Waals surface area (Å²) in [7, 11) is 0. The number of anilines is 1. The summed E-state index contributed by atoms with van der Waals surface area (Å²) in [6, 6.07) is 23.5. The van der Waals surface area contributed by atoms with Crippen LogP contribution in [0, 0.1) is 11.8 Å². The molecule has 1 heterocycles. The van der Waals surface area contributed by atoms with Crippen molar-refractivity contribution in [3.63, 3.8) is 0 Å². The first-order chi connectivity index (χ1) is 19.6. The van der Waals surface area contributed by atoms with E-state index in [1.54, 1.807) is 30.3 Å². The van der Waals surface area contributed by atoms with Crippen molar-refractivity contribution in [3.8, 4) is 0 Å². The summed E-state index contributed by atoms with van der Waals surface area (Å²) in [6.07, 6.45) is -2.17. The molecule has 0 spiro atoms. The second kappa shape index (κ2) is 12.2. The molecule has 6 nitrogen and oxygen atoms in total. The molecule has 9 heteroatoms. The Morgan fingerprint density at radius 3 is 2.44 bits per heavy atom. The van der Waals surface area contributed by atoms with Crippen molar-refractivity contribution in [2.45, 2.75) is 51.2 Å². The van der Waals surface area contributed by atoms with Crippen LogP contribution in [0.3, 0.4) is 0 Å². The lowest BCUT2D eigenvalue weighted by Gasteiger charge is -2.26. The number of rotatable bonds is 10. The smallest absolute Gasteiger partial charge is 0.389 e. The Morgan fingerprint density at radius 2 is 1.76 bits per heavy atom. The van der Waals surface area contributed by atoms with Crippen molar-refractivity contribution in [2.75, 3.05) is 11.9 Å². The number of amides is 2. The predicted molar refractivity (Wildman–Crippen MR) is 150 cm³/mol. The molecule has 0 bridgehead atoms. The van der Waals surface area contributed by atoms with Gasteiger partial charge in [0, 0.05) is 17.7 Å². The molecule has 41 heavy (non-hydrogen) atoms. The number of hydrazone groups is 1. The summed E-state index contributed by atoms with van der Waals surface area (Å²) in [5.41, 5.74) is 3.61. The van der Waals surface area contributed by atoms with E-state index in [9.17, 15) is 22.8 Å². The maximum absolute atomic E-state index is 13.4. The summed E-state index contributed by atoms with van der Waals surface area (Å²) in [4.78, 5) is 25.9. The van der Waals surface area contributed by atoms with Crippen molar-refractivity contribution in [1.82, 2.24) is 5.01 Å². The van der Waals surface area contributed by atoms with E-state index in [2.05, 4.69) is 10.4 Å². The molecule has 0 saturated heterocycles. The number of alkyl halides is 3. The molecule has 0 radical (unpaired) electrons. The minimum Gasteiger partial charge on any atom is -0.466 e. The maximum Gasteiger partial charge on any atom is 0.389 e. The molecule has 3 aromatic rings. The van der Waals surface area contributed by atoms with Crippen LogP contribution in [0.1, 0.15) is 54.4 Å². The van der Waals surface area contributed by atoms with Crippen LogP contribution in [0.2, 0.25) is 0 Å². The number of nitrogens with zero attached hydrogens (tertiary/aromatic N) is 2. The number of benzene rings is 3. The number of hydrogen-bond donors (Lipinski definition) is 1. The van der Waals surface area contributed by atoms with Crippen LogP contribution < -0.4 is 5.32 Å². The standard InChI is InChI=1S/C32H32F3N3O3/c1-21(18-32(33,34)35)29(30(40)36-27-9-5-6-24(17-27)16-22-10-11-22)25-14-12-23(13-15-25)19-38-28(39)20-41-31(37-38)26-7-3-2-4-8-26/h2-9,12-15,17,21-22,29H,10-11,16,18-20H2,1H3,(H,36,40). The Morgan fingerprint density at radius 1 is 1.02 bits per heavy atom. The first-order valence-corrected chi connectivity index (χ1v) is 13.8. The third-order valence-corrected chi connectivity index (χ3v) is 7.34. The summed E-state index contributed by atoms with van der Waals surface area (Å²) in [5, 5.41) is 8.52. The SMILES string of the molecule is CC(CC(F)(F)F)C(C(=O)Nc1cccc(CC2CC2)c1)c1ccc(CN2N=C(c3ccccc3)OCC2=O)cc1. The van der Waals surface area contributed by atoms with Crippen LogP contribution in [0.4, 0.5) is 18.9 Å². The van der Waals surface area contributed by atoms with E-state index in [1.807, 2.05) is 48.5 Å². The van der Waals surface area contributed by atoms with Crippen molar-refractivity contribution in [3.05, 3.63) is 101 Å². The van der Waals surface area contributed by atoms with Gasteiger partial charge in [-0.25, -0.2) is 5.01 Å². The molecule has 1 aliphatic carbocycles. The van der Waals surface area contributed by atoms with Crippen molar-refractivity contribution in [2.24, 2.45) is 16.9 Å². The molecule has 2 amide bonds. The normalized spacial score (nSPS) is 16.9. The minimum atomic E-state index is -4.41. The topological polar surface area (TPSA) is 71.0 Å². The van der Waals surface area contributed by atoms with Gasteiger partial charge in [0.05, 0.1) is 12.5 Å². The van der Waals surface area contributed by atoms with Gasteiger partial charge in [0.25, 0.3) is 5.91 Å². The average Bonchev–Trinajstić information content (AvgIpc) is 3.75.